The summed E-state index contributed by atoms with van der Waals surface area (Å²) >= 11 is 5.67. The van der Waals surface area contributed by atoms with Gasteiger partial charge in [-0.3, -0.25) is 0 Å². The minimum absolute atomic E-state index is 0.281. The summed E-state index contributed by atoms with van der Waals surface area (Å²) in [4.78, 5) is 1.97. The van der Waals surface area contributed by atoms with E-state index >= 15 is 0 Å². The summed E-state index contributed by atoms with van der Waals surface area (Å²) in [6.07, 6.45) is -1.93. The van der Waals surface area contributed by atoms with Crippen LogP contribution in [-0.2, 0) is 10.9 Å². The molecule has 1 aliphatic rings. The van der Waals surface area contributed by atoms with Gasteiger partial charge in [-0.2, -0.15) is 13.2 Å². The Bertz CT molecular complexity index is 659. The molecule has 1 aromatic rings. The Morgan fingerprint density at radius 1 is 1.25 bits per heavy atom. The third kappa shape index (κ3) is 4.69. The molecule has 132 valence electrons. The normalized spacial score (nSPS) is 16.0. The molecule has 0 aromatic heterocycles. The number of nitrogens with zero attached hydrogens (tertiary/aromatic N) is 1. The highest BCUT2D eigenvalue weighted by molar-refractivity contribution is 6.31. The highest BCUT2D eigenvalue weighted by atomic mass is 35.5. The molecular weight excluding hydrogens is 339 g/mol. The van der Waals surface area contributed by atoms with E-state index in [0.717, 1.165) is 11.6 Å². The Balaban J connectivity index is 2.15. The molecule has 2 nitrogen and oxygen atoms in total. The molecule has 0 saturated heterocycles. The van der Waals surface area contributed by atoms with Gasteiger partial charge in [0.25, 0.3) is 0 Å². The predicted molar refractivity (Wildman–Crippen MR) is 90.6 cm³/mol. The zero-order valence-corrected chi connectivity index (χ0v) is 14.8. The molecular formula is C18H21ClF3NO. The third-order valence-corrected chi connectivity index (χ3v) is 3.96. The second kappa shape index (κ2) is 6.71. The number of hydrogen-bond donors (Lipinski definition) is 0. The molecule has 1 aromatic carbocycles. The average Bonchev–Trinajstić information content (AvgIpc) is 2.45. The van der Waals surface area contributed by atoms with Crippen LogP contribution >= 0.6 is 11.6 Å². The van der Waals surface area contributed by atoms with Gasteiger partial charge in [0.15, 0.2) is 5.88 Å². The maximum atomic E-state index is 13.0. The molecule has 1 aliphatic heterocycles. The maximum absolute atomic E-state index is 13.0. The average molecular weight is 360 g/mol. The molecule has 24 heavy (non-hydrogen) atoms. The summed E-state index contributed by atoms with van der Waals surface area (Å²) in [7, 11) is 0. The molecule has 6 heteroatoms. The molecule has 1 heterocycles. The summed E-state index contributed by atoms with van der Waals surface area (Å²) in [6.45, 7) is 10.9. The standard InChI is InChI=1S/C18H21ClF3NO/c1-12(24-17(2,3)4)23-9-7-13(8-10-23)14-5-6-16(19)15(11-14)18(20,21)22/h5-7,11H,1,8-10H2,2-4H3. The summed E-state index contributed by atoms with van der Waals surface area (Å²) in [5.74, 6) is 0.574. The van der Waals surface area contributed by atoms with Crippen molar-refractivity contribution in [1.29, 1.82) is 0 Å². The second-order valence-electron chi connectivity index (χ2n) is 6.73. The van der Waals surface area contributed by atoms with Crippen LogP contribution < -0.4 is 0 Å². The maximum Gasteiger partial charge on any atom is 0.417 e. The molecule has 0 atom stereocenters. The minimum atomic E-state index is -4.46. The lowest BCUT2D eigenvalue weighted by molar-refractivity contribution is -0.137. The van der Waals surface area contributed by atoms with Gasteiger partial charge in [-0.15, -0.1) is 0 Å². The molecule has 0 fully saturated rings. The Labute approximate surface area is 145 Å². The summed E-state index contributed by atoms with van der Waals surface area (Å²) in [5, 5.41) is -0.281. The lowest BCUT2D eigenvalue weighted by Crippen LogP contribution is -2.32. The number of hydrogen-bond acceptors (Lipinski definition) is 2. The van der Waals surface area contributed by atoms with Gasteiger partial charge in [-0.05, 0) is 57.0 Å². The van der Waals surface area contributed by atoms with Crippen LogP contribution in [0.4, 0.5) is 13.2 Å². The van der Waals surface area contributed by atoms with Gasteiger partial charge in [0.1, 0.15) is 5.60 Å². The van der Waals surface area contributed by atoms with Gasteiger partial charge in [0.2, 0.25) is 0 Å². The fourth-order valence-corrected chi connectivity index (χ4v) is 2.74. The first-order valence-electron chi connectivity index (χ1n) is 7.66. The van der Waals surface area contributed by atoms with Crippen LogP contribution in [0.2, 0.25) is 5.02 Å². The lowest BCUT2D eigenvalue weighted by Gasteiger charge is -2.33. The van der Waals surface area contributed by atoms with E-state index in [1.54, 1.807) is 6.07 Å². The van der Waals surface area contributed by atoms with Crippen LogP contribution in [0.3, 0.4) is 0 Å². The van der Waals surface area contributed by atoms with Crippen LogP contribution in [-0.4, -0.2) is 23.6 Å². The van der Waals surface area contributed by atoms with Gasteiger partial charge in [0, 0.05) is 13.1 Å². The van der Waals surface area contributed by atoms with E-state index < -0.39 is 11.7 Å². The van der Waals surface area contributed by atoms with E-state index in [4.69, 9.17) is 16.3 Å². The fraction of sp³-hybridized carbons (Fsp3) is 0.444. The van der Waals surface area contributed by atoms with E-state index in [-0.39, 0.29) is 10.6 Å². The van der Waals surface area contributed by atoms with Crippen molar-refractivity contribution in [1.82, 2.24) is 4.90 Å². The van der Waals surface area contributed by atoms with Crippen LogP contribution in [0, 0.1) is 0 Å². The Kier molecular flexibility index (Phi) is 5.23. The fourth-order valence-electron chi connectivity index (χ4n) is 2.52. The van der Waals surface area contributed by atoms with Crippen molar-refractivity contribution >= 4 is 17.2 Å². The molecule has 0 unspecified atom stereocenters. The molecule has 0 aliphatic carbocycles. The molecule has 0 spiro atoms. The number of alkyl halides is 3. The van der Waals surface area contributed by atoms with Crippen molar-refractivity contribution in [3.8, 4) is 0 Å². The van der Waals surface area contributed by atoms with E-state index in [1.165, 1.54) is 6.07 Å². The predicted octanol–water partition coefficient (Wildman–Crippen LogP) is 5.73. The Morgan fingerprint density at radius 3 is 2.42 bits per heavy atom. The van der Waals surface area contributed by atoms with Crippen molar-refractivity contribution in [2.24, 2.45) is 0 Å². The minimum Gasteiger partial charge on any atom is -0.474 e. The van der Waals surface area contributed by atoms with Crippen molar-refractivity contribution in [2.45, 2.75) is 39.0 Å². The van der Waals surface area contributed by atoms with Gasteiger partial charge in [-0.1, -0.05) is 23.7 Å². The van der Waals surface area contributed by atoms with Crippen molar-refractivity contribution in [3.63, 3.8) is 0 Å². The summed E-state index contributed by atoms with van der Waals surface area (Å²) < 4.78 is 44.7. The van der Waals surface area contributed by atoms with Gasteiger partial charge >= 0.3 is 6.18 Å². The van der Waals surface area contributed by atoms with Gasteiger partial charge in [0.05, 0.1) is 10.6 Å². The van der Waals surface area contributed by atoms with E-state index in [9.17, 15) is 13.2 Å². The first-order valence-corrected chi connectivity index (χ1v) is 8.04. The molecule has 0 N–H and O–H groups in total. The topological polar surface area (TPSA) is 12.5 Å². The number of halogens is 4. The lowest BCUT2D eigenvalue weighted by atomic mass is 9.97. The zero-order valence-electron chi connectivity index (χ0n) is 14.0. The zero-order chi connectivity index (χ0) is 18.1. The SMILES string of the molecule is C=C(OC(C)(C)C)N1CC=C(c2ccc(Cl)c(C(F)(F)F)c2)CC1. The van der Waals surface area contributed by atoms with Crippen LogP contribution in [0.15, 0.2) is 36.7 Å². The van der Waals surface area contributed by atoms with Crippen molar-refractivity contribution in [3.05, 3.63) is 52.9 Å². The van der Waals surface area contributed by atoms with Crippen molar-refractivity contribution in [2.75, 3.05) is 13.1 Å². The van der Waals surface area contributed by atoms with Crippen LogP contribution in [0.1, 0.15) is 38.3 Å². The monoisotopic (exact) mass is 359 g/mol. The summed E-state index contributed by atoms with van der Waals surface area (Å²) in [5.41, 5.74) is 0.287. The highest BCUT2D eigenvalue weighted by Gasteiger charge is 2.33. The Hall–Kier alpha value is -1.62. The van der Waals surface area contributed by atoms with Crippen LogP contribution in [0.25, 0.3) is 5.57 Å². The number of rotatable bonds is 3. The van der Waals surface area contributed by atoms with E-state index in [2.05, 4.69) is 6.58 Å². The smallest absolute Gasteiger partial charge is 0.417 e. The summed E-state index contributed by atoms with van der Waals surface area (Å²) in [6, 6.07) is 4.04. The van der Waals surface area contributed by atoms with Gasteiger partial charge in [-0.25, -0.2) is 0 Å². The molecule has 0 bridgehead atoms. The second-order valence-corrected chi connectivity index (χ2v) is 7.13. The van der Waals surface area contributed by atoms with Crippen LogP contribution in [0.5, 0.6) is 0 Å². The highest BCUT2D eigenvalue weighted by Crippen LogP contribution is 2.37. The van der Waals surface area contributed by atoms with Crippen molar-refractivity contribution < 1.29 is 17.9 Å². The third-order valence-electron chi connectivity index (χ3n) is 3.63. The quantitative estimate of drug-likeness (QED) is 0.638. The molecule has 2 rings (SSSR count). The Morgan fingerprint density at radius 2 is 1.92 bits per heavy atom. The largest absolute Gasteiger partial charge is 0.474 e. The van der Waals surface area contributed by atoms with E-state index in [1.807, 2.05) is 31.7 Å². The molecule has 0 saturated carbocycles. The number of ether oxygens (including phenoxy) is 1. The van der Waals surface area contributed by atoms with E-state index in [0.29, 0.717) is 31.0 Å². The first-order chi connectivity index (χ1) is 11.0. The molecule has 0 amide bonds. The molecule has 0 radical (unpaired) electrons. The van der Waals surface area contributed by atoms with Gasteiger partial charge < -0.3 is 9.64 Å². The number of benzene rings is 1. The first kappa shape index (κ1) is 18.7.